The van der Waals surface area contributed by atoms with E-state index in [1.54, 1.807) is 6.07 Å². The maximum Gasteiger partial charge on any atom is 0.165 e. The van der Waals surface area contributed by atoms with E-state index >= 15 is 0 Å². The van der Waals surface area contributed by atoms with Gasteiger partial charge in [-0.25, -0.2) is 4.39 Å². The maximum absolute atomic E-state index is 13.5. The molecule has 4 heteroatoms. The summed E-state index contributed by atoms with van der Waals surface area (Å²) in [4.78, 5) is 0. The van der Waals surface area contributed by atoms with Crippen LogP contribution in [0.4, 0.5) is 4.39 Å². The zero-order valence-electron chi connectivity index (χ0n) is 9.24. The molecular formula is C12H16FNO2. The predicted molar refractivity (Wildman–Crippen MR) is 58.9 cm³/mol. The first kappa shape index (κ1) is 11.4. The summed E-state index contributed by atoms with van der Waals surface area (Å²) in [5.41, 5.74) is 0.832. The first-order valence-electron chi connectivity index (χ1n) is 5.43. The molecule has 1 aliphatic rings. The molecule has 1 aromatic rings. The summed E-state index contributed by atoms with van der Waals surface area (Å²) in [6, 6.07) is 5.00. The van der Waals surface area contributed by atoms with E-state index in [1.807, 2.05) is 6.07 Å². The molecule has 2 atom stereocenters. The number of hydrogen-bond donors (Lipinski definition) is 2. The fourth-order valence-electron chi connectivity index (χ4n) is 2.20. The van der Waals surface area contributed by atoms with Gasteiger partial charge in [-0.15, -0.1) is 0 Å². The highest BCUT2D eigenvalue weighted by Gasteiger charge is 2.27. The molecule has 0 radical (unpaired) electrons. The molecule has 1 aromatic carbocycles. The Balaban J connectivity index is 2.24. The molecule has 0 amide bonds. The minimum atomic E-state index is -0.339. The van der Waals surface area contributed by atoms with Crippen molar-refractivity contribution < 1.29 is 14.2 Å². The van der Waals surface area contributed by atoms with Crippen molar-refractivity contribution >= 4 is 0 Å². The molecule has 16 heavy (non-hydrogen) atoms. The van der Waals surface area contributed by atoms with Crippen molar-refractivity contribution in [3.63, 3.8) is 0 Å². The molecule has 1 heterocycles. The number of rotatable bonds is 3. The molecule has 1 saturated heterocycles. The largest absolute Gasteiger partial charge is 0.493 e. The van der Waals surface area contributed by atoms with Gasteiger partial charge in [0, 0.05) is 24.8 Å². The van der Waals surface area contributed by atoms with Gasteiger partial charge in [0.15, 0.2) is 11.6 Å². The highest BCUT2D eigenvalue weighted by atomic mass is 19.1. The Morgan fingerprint density at radius 3 is 3.00 bits per heavy atom. The van der Waals surface area contributed by atoms with Gasteiger partial charge in [0.1, 0.15) is 0 Å². The van der Waals surface area contributed by atoms with E-state index in [-0.39, 0.29) is 24.4 Å². The van der Waals surface area contributed by atoms with Gasteiger partial charge in [-0.3, -0.25) is 0 Å². The first-order valence-corrected chi connectivity index (χ1v) is 5.43. The van der Waals surface area contributed by atoms with Crippen molar-refractivity contribution in [3.8, 4) is 5.75 Å². The van der Waals surface area contributed by atoms with Gasteiger partial charge >= 0.3 is 0 Å². The first-order chi connectivity index (χ1) is 7.76. The molecule has 2 rings (SSSR count). The van der Waals surface area contributed by atoms with Crippen LogP contribution in [0.1, 0.15) is 18.0 Å². The minimum Gasteiger partial charge on any atom is -0.493 e. The number of halogens is 1. The molecule has 3 nitrogen and oxygen atoms in total. The van der Waals surface area contributed by atoms with Crippen molar-refractivity contribution in [3.05, 3.63) is 29.6 Å². The smallest absolute Gasteiger partial charge is 0.165 e. The van der Waals surface area contributed by atoms with Crippen molar-refractivity contribution in [1.29, 1.82) is 0 Å². The van der Waals surface area contributed by atoms with Crippen LogP contribution in [-0.2, 0) is 0 Å². The van der Waals surface area contributed by atoms with Gasteiger partial charge in [0.2, 0.25) is 0 Å². The Bertz CT molecular complexity index is 370. The summed E-state index contributed by atoms with van der Waals surface area (Å²) in [5.74, 6) is 0.214. The number of benzene rings is 1. The second-order valence-corrected chi connectivity index (χ2v) is 4.11. The number of aliphatic hydroxyl groups excluding tert-OH is 1. The average molecular weight is 225 g/mol. The Morgan fingerprint density at radius 1 is 1.56 bits per heavy atom. The summed E-state index contributed by atoms with van der Waals surface area (Å²) in [6.45, 7) is 0.933. The van der Waals surface area contributed by atoms with E-state index in [1.165, 1.54) is 13.2 Å². The van der Waals surface area contributed by atoms with Crippen LogP contribution in [-0.4, -0.2) is 25.4 Å². The van der Waals surface area contributed by atoms with Gasteiger partial charge in [-0.1, -0.05) is 12.1 Å². The van der Waals surface area contributed by atoms with Crippen LogP contribution in [0.15, 0.2) is 18.2 Å². The minimum absolute atomic E-state index is 0.0720. The van der Waals surface area contributed by atoms with Gasteiger partial charge in [-0.05, 0) is 18.4 Å². The summed E-state index contributed by atoms with van der Waals surface area (Å²) in [5, 5.41) is 12.3. The highest BCUT2D eigenvalue weighted by molar-refractivity contribution is 5.37. The lowest BCUT2D eigenvalue weighted by Crippen LogP contribution is -2.15. The Hall–Kier alpha value is -1.13. The molecule has 0 aromatic heterocycles. The quantitative estimate of drug-likeness (QED) is 0.818. The fourth-order valence-corrected chi connectivity index (χ4v) is 2.20. The topological polar surface area (TPSA) is 41.5 Å². The third kappa shape index (κ3) is 2.03. The molecule has 2 unspecified atom stereocenters. The van der Waals surface area contributed by atoms with Gasteiger partial charge in [0.05, 0.1) is 7.11 Å². The lowest BCUT2D eigenvalue weighted by atomic mass is 9.99. The lowest BCUT2D eigenvalue weighted by Gasteiger charge is -2.15. The number of ether oxygens (including phenoxy) is 1. The standard InChI is InChI=1S/C12H16FNO2/c1-16-12-9(3-2-4-10(12)13)11-5-8(7-15)6-14-11/h2-4,8,11,14-15H,5-7H2,1H3. The number of nitrogens with one attached hydrogen (secondary N) is 1. The molecular weight excluding hydrogens is 209 g/mol. The van der Waals surface area contributed by atoms with Gasteiger partial charge in [-0.2, -0.15) is 0 Å². The normalized spacial score (nSPS) is 24.7. The number of para-hydroxylation sites is 1. The van der Waals surface area contributed by atoms with Crippen LogP contribution in [0.5, 0.6) is 5.75 Å². The SMILES string of the molecule is COc1c(F)cccc1C1CC(CO)CN1. The third-order valence-electron chi connectivity index (χ3n) is 3.06. The van der Waals surface area contributed by atoms with E-state index < -0.39 is 0 Å². The molecule has 88 valence electrons. The fraction of sp³-hybridized carbons (Fsp3) is 0.500. The van der Waals surface area contributed by atoms with E-state index in [0.29, 0.717) is 5.75 Å². The highest BCUT2D eigenvalue weighted by Crippen LogP contribution is 2.34. The van der Waals surface area contributed by atoms with E-state index in [4.69, 9.17) is 9.84 Å². The summed E-state index contributed by atoms with van der Waals surface area (Å²) in [6.07, 6.45) is 0.816. The maximum atomic E-state index is 13.5. The second-order valence-electron chi connectivity index (χ2n) is 4.11. The zero-order chi connectivity index (χ0) is 11.5. The van der Waals surface area contributed by atoms with Crippen molar-refractivity contribution in [2.24, 2.45) is 5.92 Å². The van der Waals surface area contributed by atoms with Crippen molar-refractivity contribution in [2.45, 2.75) is 12.5 Å². The van der Waals surface area contributed by atoms with Crippen LogP contribution >= 0.6 is 0 Å². The van der Waals surface area contributed by atoms with E-state index in [2.05, 4.69) is 5.32 Å². The van der Waals surface area contributed by atoms with Crippen LogP contribution in [0.3, 0.4) is 0 Å². The number of methoxy groups -OCH3 is 1. The molecule has 2 N–H and O–H groups in total. The predicted octanol–water partition coefficient (Wildman–Crippen LogP) is 1.48. The van der Waals surface area contributed by atoms with Crippen LogP contribution < -0.4 is 10.1 Å². The van der Waals surface area contributed by atoms with Crippen LogP contribution in [0.2, 0.25) is 0 Å². The zero-order valence-corrected chi connectivity index (χ0v) is 9.24. The Kier molecular flexibility index (Phi) is 3.41. The summed E-state index contributed by atoms with van der Waals surface area (Å²) in [7, 11) is 1.47. The lowest BCUT2D eigenvalue weighted by molar-refractivity contribution is 0.235. The molecule has 0 saturated carbocycles. The summed E-state index contributed by atoms with van der Waals surface area (Å²) < 4.78 is 18.6. The molecule has 0 aliphatic carbocycles. The van der Waals surface area contributed by atoms with E-state index in [0.717, 1.165) is 18.5 Å². The van der Waals surface area contributed by atoms with Crippen molar-refractivity contribution in [1.82, 2.24) is 5.32 Å². The molecule has 1 fully saturated rings. The summed E-state index contributed by atoms with van der Waals surface area (Å²) >= 11 is 0. The second kappa shape index (κ2) is 4.80. The molecule has 1 aliphatic heterocycles. The average Bonchev–Trinajstić information content (AvgIpc) is 2.77. The van der Waals surface area contributed by atoms with E-state index in [9.17, 15) is 4.39 Å². The van der Waals surface area contributed by atoms with Gasteiger partial charge < -0.3 is 15.2 Å². The Morgan fingerprint density at radius 2 is 2.38 bits per heavy atom. The van der Waals surface area contributed by atoms with Crippen molar-refractivity contribution in [2.75, 3.05) is 20.3 Å². The molecule has 0 spiro atoms. The van der Waals surface area contributed by atoms with Crippen LogP contribution in [0.25, 0.3) is 0 Å². The third-order valence-corrected chi connectivity index (χ3v) is 3.06. The molecule has 0 bridgehead atoms. The number of hydrogen-bond acceptors (Lipinski definition) is 3. The monoisotopic (exact) mass is 225 g/mol. The van der Waals surface area contributed by atoms with Gasteiger partial charge in [0.25, 0.3) is 0 Å². The Labute approximate surface area is 94.2 Å². The number of aliphatic hydroxyl groups is 1. The van der Waals surface area contributed by atoms with Crippen LogP contribution in [0, 0.1) is 11.7 Å².